The first-order valence-corrected chi connectivity index (χ1v) is 6.99. The molecule has 20 heavy (non-hydrogen) atoms. The fourth-order valence-corrected chi connectivity index (χ4v) is 3.30. The molecule has 114 valence electrons. The van der Waals surface area contributed by atoms with Crippen molar-refractivity contribution in [1.29, 1.82) is 0 Å². The lowest BCUT2D eigenvalue weighted by molar-refractivity contribution is -0.142. The first kappa shape index (κ1) is 15.1. The van der Waals surface area contributed by atoms with Gasteiger partial charge in [-0.3, -0.25) is 4.79 Å². The Morgan fingerprint density at radius 1 is 1.35 bits per heavy atom. The molecule has 3 atom stereocenters. The van der Waals surface area contributed by atoms with Crippen LogP contribution in [-0.2, 0) is 14.3 Å². The molecule has 1 aliphatic heterocycles. The van der Waals surface area contributed by atoms with E-state index < -0.39 is 11.6 Å². The number of hydrogen-bond acceptors (Lipinski definition) is 4. The zero-order valence-corrected chi connectivity index (χ0v) is 12.8. The third-order valence-corrected chi connectivity index (χ3v) is 4.55. The van der Waals surface area contributed by atoms with E-state index in [1.54, 1.807) is 13.8 Å². The maximum atomic E-state index is 12.4. The highest BCUT2D eigenvalue weighted by molar-refractivity contribution is 5.89. The molecule has 1 heterocycles. The maximum absolute atomic E-state index is 12.4. The van der Waals surface area contributed by atoms with E-state index >= 15 is 0 Å². The third kappa shape index (κ3) is 2.37. The summed E-state index contributed by atoms with van der Waals surface area (Å²) >= 11 is 0. The summed E-state index contributed by atoms with van der Waals surface area (Å²) in [6, 6.07) is 0.0845. The first-order chi connectivity index (χ1) is 9.20. The normalized spacial score (nSPS) is 30.9. The molecular formula is C14H24N2O4. The third-order valence-electron chi connectivity index (χ3n) is 4.55. The summed E-state index contributed by atoms with van der Waals surface area (Å²) in [4.78, 5) is 23.7. The van der Waals surface area contributed by atoms with E-state index in [9.17, 15) is 9.59 Å². The number of carbonyl (C=O) groups is 2. The van der Waals surface area contributed by atoms with Gasteiger partial charge < -0.3 is 20.1 Å². The standard InChI is InChI=1S/C14H24N2O4/c1-13(2)9(8-6-7-20-10(8)13)15-11(17)14(3,4)16-12(18)19-5/h8-10H,6-7H2,1-5H3,(H,15,17)(H,16,18). The van der Waals surface area contributed by atoms with Crippen molar-refractivity contribution >= 4 is 12.0 Å². The molecule has 1 saturated carbocycles. The highest BCUT2D eigenvalue weighted by Gasteiger charge is 2.60. The van der Waals surface area contributed by atoms with Gasteiger partial charge in [-0.05, 0) is 20.3 Å². The summed E-state index contributed by atoms with van der Waals surface area (Å²) in [7, 11) is 1.28. The summed E-state index contributed by atoms with van der Waals surface area (Å²) in [6.07, 6.45) is 0.591. The number of ether oxygens (including phenoxy) is 2. The van der Waals surface area contributed by atoms with Gasteiger partial charge in [0, 0.05) is 24.0 Å². The van der Waals surface area contributed by atoms with Gasteiger partial charge in [0.2, 0.25) is 5.91 Å². The van der Waals surface area contributed by atoms with E-state index in [1.807, 2.05) is 0 Å². The Balaban J connectivity index is 1.99. The van der Waals surface area contributed by atoms with Crippen LogP contribution in [0.1, 0.15) is 34.1 Å². The lowest BCUT2D eigenvalue weighted by Gasteiger charge is -2.55. The van der Waals surface area contributed by atoms with Crippen molar-refractivity contribution in [3.8, 4) is 0 Å². The predicted octanol–water partition coefficient (Wildman–Crippen LogP) is 1.05. The van der Waals surface area contributed by atoms with Crippen molar-refractivity contribution in [2.45, 2.75) is 51.8 Å². The Morgan fingerprint density at radius 3 is 2.60 bits per heavy atom. The monoisotopic (exact) mass is 284 g/mol. The topological polar surface area (TPSA) is 76.7 Å². The highest BCUT2D eigenvalue weighted by Crippen LogP contribution is 2.52. The molecule has 2 amide bonds. The first-order valence-electron chi connectivity index (χ1n) is 6.99. The zero-order chi connectivity index (χ0) is 15.1. The number of nitrogens with one attached hydrogen (secondary N) is 2. The van der Waals surface area contributed by atoms with E-state index in [0.29, 0.717) is 5.92 Å². The molecule has 0 aromatic carbocycles. The molecule has 6 heteroatoms. The van der Waals surface area contributed by atoms with Gasteiger partial charge >= 0.3 is 6.09 Å². The van der Waals surface area contributed by atoms with Gasteiger partial charge in [0.1, 0.15) is 5.54 Å². The molecule has 1 saturated heterocycles. The fourth-order valence-electron chi connectivity index (χ4n) is 3.30. The molecule has 3 unspecified atom stereocenters. The molecular weight excluding hydrogens is 260 g/mol. The average molecular weight is 284 g/mol. The number of amides is 2. The molecule has 6 nitrogen and oxygen atoms in total. The van der Waals surface area contributed by atoms with Crippen molar-refractivity contribution in [2.24, 2.45) is 11.3 Å². The van der Waals surface area contributed by atoms with E-state index in [1.165, 1.54) is 7.11 Å². The summed E-state index contributed by atoms with van der Waals surface area (Å²) in [5, 5.41) is 5.60. The fraction of sp³-hybridized carbons (Fsp3) is 0.857. The Morgan fingerprint density at radius 2 is 2.00 bits per heavy atom. The number of fused-ring (bicyclic) bond motifs is 1. The van der Waals surface area contributed by atoms with Gasteiger partial charge in [0.15, 0.2) is 0 Å². The largest absolute Gasteiger partial charge is 0.453 e. The number of methoxy groups -OCH3 is 1. The Labute approximate surface area is 119 Å². The van der Waals surface area contributed by atoms with Gasteiger partial charge in [-0.25, -0.2) is 4.79 Å². The molecule has 2 rings (SSSR count). The van der Waals surface area contributed by atoms with Crippen LogP contribution in [0.2, 0.25) is 0 Å². The van der Waals surface area contributed by atoms with Gasteiger partial charge in [0.25, 0.3) is 0 Å². The van der Waals surface area contributed by atoms with Crippen LogP contribution in [0, 0.1) is 11.3 Å². The Kier molecular flexibility index (Phi) is 3.71. The van der Waals surface area contributed by atoms with Crippen molar-refractivity contribution in [3.05, 3.63) is 0 Å². The minimum atomic E-state index is -1.01. The minimum absolute atomic E-state index is 0.0713. The molecule has 2 fully saturated rings. The van der Waals surface area contributed by atoms with E-state index in [2.05, 4.69) is 29.2 Å². The second-order valence-corrected chi connectivity index (χ2v) is 6.76. The van der Waals surface area contributed by atoms with E-state index in [0.717, 1.165) is 13.0 Å². The number of hydrogen-bond donors (Lipinski definition) is 2. The van der Waals surface area contributed by atoms with E-state index in [4.69, 9.17) is 4.74 Å². The maximum Gasteiger partial charge on any atom is 0.407 e. The van der Waals surface area contributed by atoms with Crippen LogP contribution in [0.15, 0.2) is 0 Å². The number of alkyl carbamates (subject to hydrolysis) is 1. The van der Waals surface area contributed by atoms with Crippen LogP contribution in [-0.4, -0.2) is 43.4 Å². The van der Waals surface area contributed by atoms with Gasteiger partial charge in [-0.1, -0.05) is 13.8 Å². The minimum Gasteiger partial charge on any atom is -0.453 e. The smallest absolute Gasteiger partial charge is 0.407 e. The van der Waals surface area contributed by atoms with Crippen molar-refractivity contribution < 1.29 is 19.1 Å². The van der Waals surface area contributed by atoms with Crippen LogP contribution in [0.4, 0.5) is 4.79 Å². The lowest BCUT2D eigenvalue weighted by Crippen LogP contribution is -2.69. The predicted molar refractivity (Wildman–Crippen MR) is 73.2 cm³/mol. The molecule has 0 bridgehead atoms. The second-order valence-electron chi connectivity index (χ2n) is 6.76. The van der Waals surface area contributed by atoms with Gasteiger partial charge in [-0.15, -0.1) is 0 Å². The number of rotatable bonds is 3. The molecule has 2 N–H and O–H groups in total. The molecule has 2 aliphatic rings. The van der Waals surface area contributed by atoms with E-state index in [-0.39, 0.29) is 23.5 Å². The summed E-state index contributed by atoms with van der Waals surface area (Å²) < 4.78 is 10.2. The van der Waals surface area contributed by atoms with Crippen molar-refractivity contribution in [2.75, 3.05) is 13.7 Å². The SMILES string of the molecule is COC(=O)NC(C)(C)C(=O)NC1C2CCOC2C1(C)C. The summed E-state index contributed by atoms with van der Waals surface area (Å²) in [6.45, 7) is 8.28. The lowest BCUT2D eigenvalue weighted by atomic mass is 9.57. The Hall–Kier alpha value is -1.30. The Bertz CT molecular complexity index is 419. The van der Waals surface area contributed by atoms with Crippen LogP contribution >= 0.6 is 0 Å². The molecule has 0 spiro atoms. The van der Waals surface area contributed by atoms with Crippen LogP contribution in [0.3, 0.4) is 0 Å². The zero-order valence-electron chi connectivity index (χ0n) is 12.8. The number of carbonyl (C=O) groups excluding carboxylic acids is 2. The molecule has 0 aromatic rings. The van der Waals surface area contributed by atoms with Crippen LogP contribution in [0.5, 0.6) is 0 Å². The van der Waals surface area contributed by atoms with Crippen molar-refractivity contribution in [3.63, 3.8) is 0 Å². The molecule has 0 radical (unpaired) electrons. The van der Waals surface area contributed by atoms with Gasteiger partial charge in [-0.2, -0.15) is 0 Å². The van der Waals surface area contributed by atoms with Gasteiger partial charge in [0.05, 0.1) is 13.2 Å². The van der Waals surface area contributed by atoms with Crippen LogP contribution < -0.4 is 10.6 Å². The second kappa shape index (κ2) is 4.91. The molecule has 0 aromatic heterocycles. The average Bonchev–Trinajstić information content (AvgIpc) is 2.81. The highest BCUT2D eigenvalue weighted by atomic mass is 16.5. The summed E-state index contributed by atoms with van der Waals surface area (Å²) in [5.74, 6) is 0.175. The summed E-state index contributed by atoms with van der Waals surface area (Å²) in [5.41, 5.74) is -1.08. The quantitative estimate of drug-likeness (QED) is 0.812. The van der Waals surface area contributed by atoms with Crippen molar-refractivity contribution in [1.82, 2.24) is 10.6 Å². The molecule has 1 aliphatic carbocycles. The van der Waals surface area contributed by atoms with Crippen LogP contribution in [0.25, 0.3) is 0 Å².